The van der Waals surface area contributed by atoms with E-state index in [-0.39, 0.29) is 0 Å². The molecule has 1 aromatic rings. The van der Waals surface area contributed by atoms with Gasteiger partial charge in [0.15, 0.2) is 0 Å². The minimum absolute atomic E-state index is 0.313. The number of nitrogens with zero attached hydrogens (tertiary/aromatic N) is 3. The Morgan fingerprint density at radius 2 is 2.32 bits per heavy atom. The van der Waals surface area contributed by atoms with Gasteiger partial charge in [0.25, 0.3) is 0 Å². The smallest absolute Gasteiger partial charge is 0.223 e. The van der Waals surface area contributed by atoms with Crippen LogP contribution in [0.4, 0.5) is 0 Å². The van der Waals surface area contributed by atoms with Gasteiger partial charge in [0.05, 0.1) is 6.04 Å². The Morgan fingerprint density at radius 1 is 1.37 bits per heavy atom. The minimum Gasteiger partial charge on any atom is -0.341 e. The Balaban J connectivity index is 1.58. The fraction of sp³-hybridized carbons (Fsp3) is 0.600. The highest BCUT2D eigenvalue weighted by atomic mass is 16.2. The second-order valence-electron chi connectivity index (χ2n) is 5.59. The van der Waals surface area contributed by atoms with Gasteiger partial charge in [0.2, 0.25) is 5.91 Å². The number of amides is 1. The zero-order valence-corrected chi connectivity index (χ0v) is 11.2. The van der Waals surface area contributed by atoms with E-state index in [0.717, 1.165) is 38.8 Å². The summed E-state index contributed by atoms with van der Waals surface area (Å²) in [6.07, 6.45) is 13.4. The molecule has 0 spiro atoms. The van der Waals surface area contributed by atoms with Crippen LogP contribution in [-0.2, 0) is 4.79 Å². The second-order valence-corrected chi connectivity index (χ2v) is 5.59. The first kappa shape index (κ1) is 12.5. The predicted molar refractivity (Wildman–Crippen MR) is 73.6 cm³/mol. The molecular formula is C15H21N3O. The number of hydrogen-bond acceptors (Lipinski definition) is 2. The van der Waals surface area contributed by atoms with Crippen LogP contribution < -0.4 is 0 Å². The van der Waals surface area contributed by atoms with Crippen molar-refractivity contribution in [3.8, 4) is 0 Å². The molecule has 3 rings (SSSR count). The molecule has 0 saturated carbocycles. The van der Waals surface area contributed by atoms with E-state index in [4.69, 9.17) is 0 Å². The summed E-state index contributed by atoms with van der Waals surface area (Å²) in [5.41, 5.74) is 0. The maximum absolute atomic E-state index is 12.3. The van der Waals surface area contributed by atoms with Gasteiger partial charge < -0.3 is 4.90 Å². The van der Waals surface area contributed by atoms with E-state index < -0.39 is 0 Å². The number of rotatable bonds is 3. The second kappa shape index (κ2) is 5.59. The number of likely N-dealkylation sites (tertiary alicyclic amines) is 1. The summed E-state index contributed by atoms with van der Waals surface area (Å²) in [7, 11) is 0. The quantitative estimate of drug-likeness (QED) is 0.782. The van der Waals surface area contributed by atoms with Crippen LogP contribution in [0.2, 0.25) is 0 Å². The lowest BCUT2D eigenvalue weighted by atomic mass is 10.0. The molecule has 1 aliphatic carbocycles. The maximum atomic E-state index is 12.3. The van der Waals surface area contributed by atoms with Crippen molar-refractivity contribution >= 4 is 5.91 Å². The molecule has 4 heteroatoms. The molecule has 1 saturated heterocycles. The maximum Gasteiger partial charge on any atom is 0.223 e. The summed E-state index contributed by atoms with van der Waals surface area (Å²) in [6, 6.07) is 2.30. The molecule has 0 radical (unpaired) electrons. The molecule has 102 valence electrons. The highest BCUT2D eigenvalue weighted by Crippen LogP contribution is 2.25. The zero-order chi connectivity index (χ0) is 13.1. The molecule has 19 heavy (non-hydrogen) atoms. The van der Waals surface area contributed by atoms with Crippen molar-refractivity contribution in [3.63, 3.8) is 0 Å². The van der Waals surface area contributed by atoms with Crippen molar-refractivity contribution in [1.82, 2.24) is 14.7 Å². The van der Waals surface area contributed by atoms with E-state index in [1.807, 2.05) is 28.0 Å². The van der Waals surface area contributed by atoms with E-state index in [0.29, 0.717) is 24.3 Å². The standard InChI is InChI=1S/C15H21N3O/c19-15(11-13-5-1-2-6-13)17-9-3-7-14(12-17)18-10-4-8-16-18/h1,4-5,8,10,13-14H,2-3,6-7,9,11-12H2. The van der Waals surface area contributed by atoms with Gasteiger partial charge in [-0.3, -0.25) is 9.48 Å². The Kier molecular flexibility index (Phi) is 3.67. The van der Waals surface area contributed by atoms with E-state index >= 15 is 0 Å². The van der Waals surface area contributed by atoms with Gasteiger partial charge in [-0.1, -0.05) is 12.2 Å². The van der Waals surface area contributed by atoms with Gasteiger partial charge in [-0.25, -0.2) is 0 Å². The molecule has 1 aromatic heterocycles. The van der Waals surface area contributed by atoms with Crippen LogP contribution in [0.5, 0.6) is 0 Å². The summed E-state index contributed by atoms with van der Waals surface area (Å²) in [6.45, 7) is 1.73. The Labute approximate surface area is 114 Å². The summed E-state index contributed by atoms with van der Waals surface area (Å²) in [4.78, 5) is 14.4. The van der Waals surface area contributed by atoms with Crippen molar-refractivity contribution in [2.24, 2.45) is 5.92 Å². The number of hydrogen-bond donors (Lipinski definition) is 0. The molecular weight excluding hydrogens is 238 g/mol. The first-order chi connectivity index (χ1) is 9.33. The van der Waals surface area contributed by atoms with E-state index in [9.17, 15) is 4.79 Å². The number of carbonyl (C=O) groups is 1. The van der Waals surface area contributed by atoms with Crippen LogP contribution in [0.15, 0.2) is 30.6 Å². The van der Waals surface area contributed by atoms with Gasteiger partial charge in [0.1, 0.15) is 0 Å². The summed E-state index contributed by atoms with van der Waals surface area (Å²) in [5, 5.41) is 4.30. The van der Waals surface area contributed by atoms with Crippen LogP contribution in [0.3, 0.4) is 0 Å². The molecule has 2 atom stereocenters. The SMILES string of the molecule is O=C(CC1C=CCC1)N1CCCC(n2cccn2)C1. The number of aromatic nitrogens is 2. The third kappa shape index (κ3) is 2.88. The first-order valence-electron chi connectivity index (χ1n) is 7.26. The van der Waals surface area contributed by atoms with Gasteiger partial charge in [-0.05, 0) is 37.7 Å². The number of carbonyl (C=O) groups excluding carboxylic acids is 1. The van der Waals surface area contributed by atoms with Crippen molar-refractivity contribution in [2.45, 2.75) is 38.1 Å². The lowest BCUT2D eigenvalue weighted by Crippen LogP contribution is -2.41. The van der Waals surface area contributed by atoms with E-state index in [1.165, 1.54) is 0 Å². The molecule has 1 fully saturated rings. The molecule has 4 nitrogen and oxygen atoms in total. The largest absolute Gasteiger partial charge is 0.341 e. The Bertz CT molecular complexity index is 452. The van der Waals surface area contributed by atoms with Crippen molar-refractivity contribution in [2.75, 3.05) is 13.1 Å². The van der Waals surface area contributed by atoms with Crippen LogP contribution in [0, 0.1) is 5.92 Å². The lowest BCUT2D eigenvalue weighted by Gasteiger charge is -2.33. The molecule has 2 aliphatic rings. The third-order valence-electron chi connectivity index (χ3n) is 4.20. The highest BCUT2D eigenvalue weighted by Gasteiger charge is 2.26. The Hall–Kier alpha value is -1.58. The number of piperidine rings is 1. The van der Waals surface area contributed by atoms with Crippen LogP contribution in [-0.4, -0.2) is 33.7 Å². The first-order valence-corrected chi connectivity index (χ1v) is 7.26. The molecule has 1 amide bonds. The van der Waals surface area contributed by atoms with E-state index in [2.05, 4.69) is 17.3 Å². The molecule has 2 unspecified atom stereocenters. The fourth-order valence-corrected chi connectivity index (χ4v) is 3.11. The molecule has 0 N–H and O–H groups in total. The van der Waals surface area contributed by atoms with Gasteiger partial charge in [-0.15, -0.1) is 0 Å². The summed E-state index contributed by atoms with van der Waals surface area (Å²) >= 11 is 0. The summed E-state index contributed by atoms with van der Waals surface area (Å²) < 4.78 is 1.99. The van der Waals surface area contributed by atoms with Gasteiger partial charge >= 0.3 is 0 Å². The van der Waals surface area contributed by atoms with Crippen LogP contribution >= 0.6 is 0 Å². The predicted octanol–water partition coefficient (Wildman–Crippen LogP) is 2.40. The fourth-order valence-electron chi connectivity index (χ4n) is 3.11. The molecule has 1 aliphatic heterocycles. The monoisotopic (exact) mass is 259 g/mol. The number of allylic oxidation sites excluding steroid dienone is 2. The van der Waals surface area contributed by atoms with Crippen LogP contribution in [0.25, 0.3) is 0 Å². The van der Waals surface area contributed by atoms with Crippen molar-refractivity contribution in [3.05, 3.63) is 30.6 Å². The third-order valence-corrected chi connectivity index (χ3v) is 4.20. The van der Waals surface area contributed by atoms with Crippen molar-refractivity contribution < 1.29 is 4.79 Å². The Morgan fingerprint density at radius 3 is 3.05 bits per heavy atom. The van der Waals surface area contributed by atoms with Crippen LogP contribution in [0.1, 0.15) is 38.1 Å². The summed E-state index contributed by atoms with van der Waals surface area (Å²) in [5.74, 6) is 0.783. The zero-order valence-electron chi connectivity index (χ0n) is 11.2. The molecule has 0 bridgehead atoms. The van der Waals surface area contributed by atoms with Gasteiger partial charge in [0, 0.05) is 31.9 Å². The van der Waals surface area contributed by atoms with Gasteiger partial charge in [-0.2, -0.15) is 5.10 Å². The normalized spacial score (nSPS) is 26.8. The molecule has 2 heterocycles. The average molecular weight is 259 g/mol. The van der Waals surface area contributed by atoms with Crippen molar-refractivity contribution in [1.29, 1.82) is 0 Å². The minimum atomic E-state index is 0.313. The lowest BCUT2D eigenvalue weighted by molar-refractivity contribution is -0.133. The average Bonchev–Trinajstić information content (AvgIpc) is 3.12. The molecule has 0 aromatic carbocycles. The topological polar surface area (TPSA) is 38.1 Å². The van der Waals surface area contributed by atoms with E-state index in [1.54, 1.807) is 0 Å². The highest BCUT2D eigenvalue weighted by molar-refractivity contribution is 5.76.